The zero-order valence-electron chi connectivity index (χ0n) is 16.6. The molecule has 1 saturated heterocycles. The van der Waals surface area contributed by atoms with Gasteiger partial charge in [-0.25, -0.2) is 8.42 Å². The molecule has 1 unspecified atom stereocenters. The van der Waals surface area contributed by atoms with Crippen LogP contribution in [0.4, 0.5) is 0 Å². The van der Waals surface area contributed by atoms with Crippen molar-refractivity contribution in [3.8, 4) is 11.5 Å². The van der Waals surface area contributed by atoms with Gasteiger partial charge in [0.25, 0.3) is 5.22 Å². The summed E-state index contributed by atoms with van der Waals surface area (Å²) in [5, 5.41) is 8.28. The molecule has 0 spiro atoms. The van der Waals surface area contributed by atoms with Crippen molar-refractivity contribution in [1.29, 1.82) is 0 Å². The van der Waals surface area contributed by atoms with Gasteiger partial charge >= 0.3 is 0 Å². The lowest BCUT2D eigenvalue weighted by Gasteiger charge is -2.20. The fourth-order valence-electron chi connectivity index (χ4n) is 3.51. The maximum Gasteiger partial charge on any atom is 0.277 e. The molecular weight excluding hydrogens is 430 g/mol. The molecule has 11 heteroatoms. The molecule has 1 atom stereocenters. The Morgan fingerprint density at radius 1 is 1.27 bits per heavy atom. The highest BCUT2D eigenvalue weighted by Gasteiger charge is 2.29. The highest BCUT2D eigenvalue weighted by molar-refractivity contribution is 7.99. The van der Waals surface area contributed by atoms with Crippen LogP contribution in [-0.4, -0.2) is 60.0 Å². The molecule has 1 aromatic carbocycles. The minimum absolute atomic E-state index is 0.0206. The summed E-state index contributed by atoms with van der Waals surface area (Å²) in [6.07, 6.45) is 1.07. The van der Waals surface area contributed by atoms with E-state index >= 15 is 0 Å². The average molecular weight is 454 g/mol. The van der Waals surface area contributed by atoms with E-state index in [1.165, 1.54) is 11.8 Å². The zero-order chi connectivity index (χ0) is 21.1. The Labute approximate surface area is 179 Å². The maximum atomic E-state index is 12.6. The Morgan fingerprint density at radius 3 is 2.87 bits per heavy atom. The van der Waals surface area contributed by atoms with Gasteiger partial charge in [-0.2, -0.15) is 0 Å². The maximum absolute atomic E-state index is 12.6. The van der Waals surface area contributed by atoms with Crippen LogP contribution >= 0.6 is 11.8 Å². The van der Waals surface area contributed by atoms with Gasteiger partial charge in [0.15, 0.2) is 21.3 Å². The van der Waals surface area contributed by atoms with Crippen LogP contribution in [0.1, 0.15) is 24.8 Å². The van der Waals surface area contributed by atoms with E-state index in [1.807, 2.05) is 25.1 Å². The first kappa shape index (κ1) is 21.0. The molecule has 1 amide bonds. The Bertz CT molecular complexity index is 1020. The fraction of sp³-hybridized carbons (Fsp3) is 0.526. The van der Waals surface area contributed by atoms with E-state index in [-0.39, 0.29) is 35.9 Å². The zero-order valence-corrected chi connectivity index (χ0v) is 18.2. The van der Waals surface area contributed by atoms with Crippen molar-refractivity contribution in [2.24, 2.45) is 5.92 Å². The topological polar surface area (TPSA) is 112 Å². The molecule has 0 aliphatic carbocycles. The summed E-state index contributed by atoms with van der Waals surface area (Å²) in [6, 6.07) is 5.66. The normalized spacial score (nSPS) is 19.2. The Morgan fingerprint density at radius 2 is 2.10 bits per heavy atom. The Balaban J connectivity index is 1.28. The molecule has 0 radical (unpaired) electrons. The summed E-state index contributed by atoms with van der Waals surface area (Å²) < 4.78 is 39.4. The van der Waals surface area contributed by atoms with Gasteiger partial charge in [0, 0.05) is 19.5 Å². The molecule has 1 aromatic heterocycles. The van der Waals surface area contributed by atoms with E-state index in [0.29, 0.717) is 48.5 Å². The molecule has 30 heavy (non-hydrogen) atoms. The van der Waals surface area contributed by atoms with Gasteiger partial charge in [0.2, 0.25) is 18.6 Å². The Kier molecular flexibility index (Phi) is 6.19. The second-order valence-corrected chi connectivity index (χ2v) is 10.5. The van der Waals surface area contributed by atoms with Crippen LogP contribution in [0.15, 0.2) is 27.8 Å². The first-order valence-electron chi connectivity index (χ1n) is 9.74. The van der Waals surface area contributed by atoms with Crippen molar-refractivity contribution in [2.45, 2.75) is 31.5 Å². The fourth-order valence-corrected chi connectivity index (χ4v) is 6.05. The largest absolute Gasteiger partial charge is 0.454 e. The Hall–Kier alpha value is -2.27. The number of carbonyl (C=O) groups is 1. The van der Waals surface area contributed by atoms with Gasteiger partial charge in [0.05, 0.1) is 17.3 Å². The van der Waals surface area contributed by atoms with Gasteiger partial charge in [-0.1, -0.05) is 17.8 Å². The molecule has 3 heterocycles. The molecule has 2 aliphatic heterocycles. The van der Waals surface area contributed by atoms with Gasteiger partial charge in [0.1, 0.15) is 0 Å². The molecule has 0 bridgehead atoms. The molecule has 4 rings (SSSR count). The number of sulfone groups is 1. The van der Waals surface area contributed by atoms with Crippen LogP contribution in [0, 0.1) is 5.92 Å². The quantitative estimate of drug-likeness (QED) is 0.553. The van der Waals surface area contributed by atoms with E-state index in [1.54, 1.807) is 4.90 Å². The monoisotopic (exact) mass is 453 g/mol. The summed E-state index contributed by atoms with van der Waals surface area (Å²) in [5.41, 5.74) is 0.964. The summed E-state index contributed by atoms with van der Waals surface area (Å²) in [6.45, 7) is 3.18. The van der Waals surface area contributed by atoms with Crippen LogP contribution in [0.5, 0.6) is 11.5 Å². The van der Waals surface area contributed by atoms with Crippen LogP contribution in [0.2, 0.25) is 0 Å². The number of amides is 1. The highest BCUT2D eigenvalue weighted by Crippen LogP contribution is 2.33. The molecule has 162 valence electrons. The number of hydrogen-bond acceptors (Lipinski definition) is 9. The second kappa shape index (κ2) is 8.84. The molecule has 2 aromatic rings. The number of benzene rings is 1. The first-order valence-corrected chi connectivity index (χ1v) is 12.5. The molecule has 0 N–H and O–H groups in total. The number of rotatable bonds is 8. The summed E-state index contributed by atoms with van der Waals surface area (Å²) in [7, 11) is -2.93. The summed E-state index contributed by atoms with van der Waals surface area (Å²) in [4.78, 5) is 14.4. The van der Waals surface area contributed by atoms with E-state index in [9.17, 15) is 13.2 Å². The summed E-state index contributed by atoms with van der Waals surface area (Å²) >= 11 is 1.19. The first-order chi connectivity index (χ1) is 14.4. The van der Waals surface area contributed by atoms with Gasteiger partial charge in [-0.05, 0) is 37.0 Å². The number of thioether (sulfide) groups is 1. The van der Waals surface area contributed by atoms with E-state index in [2.05, 4.69) is 10.2 Å². The number of fused-ring (bicyclic) bond motifs is 1. The lowest BCUT2D eigenvalue weighted by molar-refractivity contribution is -0.128. The molecule has 9 nitrogen and oxygen atoms in total. The summed E-state index contributed by atoms with van der Waals surface area (Å²) in [5.74, 6) is 2.37. The van der Waals surface area contributed by atoms with Gasteiger partial charge < -0.3 is 18.8 Å². The average Bonchev–Trinajstić information content (AvgIpc) is 3.44. The number of ether oxygens (including phenoxy) is 2. The van der Waals surface area contributed by atoms with Gasteiger partial charge in [-0.3, -0.25) is 4.79 Å². The van der Waals surface area contributed by atoms with E-state index in [4.69, 9.17) is 13.9 Å². The second-order valence-electron chi connectivity index (χ2n) is 7.32. The van der Waals surface area contributed by atoms with Crippen LogP contribution in [-0.2, 0) is 27.6 Å². The van der Waals surface area contributed by atoms with Crippen molar-refractivity contribution in [2.75, 3.05) is 30.6 Å². The molecule has 1 fully saturated rings. The van der Waals surface area contributed by atoms with Crippen molar-refractivity contribution in [3.63, 3.8) is 0 Å². The molecule has 2 aliphatic rings. The predicted molar refractivity (Wildman–Crippen MR) is 109 cm³/mol. The smallest absolute Gasteiger partial charge is 0.277 e. The minimum Gasteiger partial charge on any atom is -0.454 e. The predicted octanol–water partition coefficient (Wildman–Crippen LogP) is 1.92. The SMILES string of the molecule is CCN(Cc1ccc2c(c1)OCO2)C(=O)CSc1nnc(CC2CCS(=O)(=O)C2)o1. The van der Waals surface area contributed by atoms with Crippen molar-refractivity contribution in [3.05, 3.63) is 29.7 Å². The third-order valence-corrected chi connectivity index (χ3v) is 7.74. The van der Waals surface area contributed by atoms with Crippen LogP contribution in [0.3, 0.4) is 0 Å². The van der Waals surface area contributed by atoms with Crippen LogP contribution < -0.4 is 9.47 Å². The standard InChI is InChI=1S/C19H23N3O6S2/c1-2-22(9-13-3-4-15-16(7-13)27-12-26-15)18(23)10-29-19-21-20-17(28-19)8-14-5-6-30(24,25)11-14/h3-4,7,14H,2,5-6,8-12H2,1H3. The molecule has 0 saturated carbocycles. The number of carbonyl (C=O) groups excluding carboxylic acids is 1. The lowest BCUT2D eigenvalue weighted by Crippen LogP contribution is -2.31. The number of hydrogen-bond donors (Lipinski definition) is 0. The van der Waals surface area contributed by atoms with E-state index in [0.717, 1.165) is 5.56 Å². The van der Waals surface area contributed by atoms with Gasteiger partial charge in [-0.15, -0.1) is 10.2 Å². The third-order valence-electron chi connectivity index (χ3n) is 5.10. The van der Waals surface area contributed by atoms with Crippen molar-refractivity contribution in [1.82, 2.24) is 15.1 Å². The molecular formula is C19H23N3O6S2. The number of aromatic nitrogens is 2. The van der Waals surface area contributed by atoms with Crippen molar-refractivity contribution >= 4 is 27.5 Å². The van der Waals surface area contributed by atoms with Crippen LogP contribution in [0.25, 0.3) is 0 Å². The third kappa shape index (κ3) is 5.07. The highest BCUT2D eigenvalue weighted by atomic mass is 32.2. The minimum atomic E-state index is -2.93. The number of nitrogens with zero attached hydrogens (tertiary/aromatic N) is 3. The van der Waals surface area contributed by atoms with Crippen molar-refractivity contribution < 1.29 is 27.1 Å². The lowest BCUT2D eigenvalue weighted by atomic mass is 10.1. The van der Waals surface area contributed by atoms with E-state index < -0.39 is 9.84 Å².